The Bertz CT molecular complexity index is 2010. The molecule has 2 saturated heterocycles. The van der Waals surface area contributed by atoms with E-state index in [4.69, 9.17) is 37.3 Å². The lowest BCUT2D eigenvalue weighted by Gasteiger charge is -2.47. The molecule has 4 aromatic rings. The number of rotatable bonds is 12. The standard InChI is InChI=1S/C44H48N4O12/c1-43(29-57-31-9-3-5-11-33(31)59-43)37(45-17-21-47(22-18-45)41(51)35-13-7-25-53-35)27-55-39(49)15-16-40(50)56-28-38(44(2)30-58-32-10-4-6-12-34(32)60-44)46-19-23-48(24-20-46)42(52)36-14-8-26-54-36/h3-16,25-26,37-38H,17-24,27-30H2,1-2H3/b16-15-. The number of para-hydroxylation sites is 4. The van der Waals surface area contributed by atoms with Gasteiger partial charge in [0.25, 0.3) is 11.8 Å². The van der Waals surface area contributed by atoms with E-state index in [1.165, 1.54) is 12.5 Å². The molecule has 16 nitrogen and oxygen atoms in total. The largest absolute Gasteiger partial charge is 0.485 e. The third-order valence-electron chi connectivity index (χ3n) is 11.5. The van der Waals surface area contributed by atoms with E-state index in [1.54, 1.807) is 34.1 Å². The van der Waals surface area contributed by atoms with Gasteiger partial charge >= 0.3 is 11.9 Å². The number of carbonyl (C=O) groups is 4. The van der Waals surface area contributed by atoms with Crippen molar-refractivity contribution in [3.05, 3.63) is 109 Å². The van der Waals surface area contributed by atoms with E-state index in [0.29, 0.717) is 75.4 Å². The van der Waals surface area contributed by atoms with Crippen molar-refractivity contribution in [2.45, 2.75) is 37.1 Å². The Morgan fingerprint density at radius 2 is 0.950 bits per heavy atom. The molecule has 0 bridgehead atoms. The number of ether oxygens (including phenoxy) is 6. The number of furan rings is 2. The molecule has 4 unspecified atom stereocenters. The summed E-state index contributed by atoms with van der Waals surface area (Å²) < 4.78 is 47.5. The Kier molecular flexibility index (Phi) is 11.8. The molecule has 4 aliphatic rings. The molecule has 0 saturated carbocycles. The van der Waals surface area contributed by atoms with Crippen molar-refractivity contribution < 1.29 is 56.4 Å². The summed E-state index contributed by atoms with van der Waals surface area (Å²) in [5.41, 5.74) is -1.86. The maximum atomic E-state index is 13.2. The van der Waals surface area contributed by atoms with E-state index in [2.05, 4.69) is 9.80 Å². The van der Waals surface area contributed by atoms with Gasteiger partial charge in [-0.3, -0.25) is 19.4 Å². The summed E-state index contributed by atoms with van der Waals surface area (Å²) in [5.74, 6) is 1.05. The lowest BCUT2D eigenvalue weighted by molar-refractivity contribution is -0.148. The Balaban J connectivity index is 0.904. The van der Waals surface area contributed by atoms with E-state index in [9.17, 15) is 19.2 Å². The lowest BCUT2D eigenvalue weighted by Crippen LogP contribution is -2.64. The van der Waals surface area contributed by atoms with Crippen LogP contribution in [0.25, 0.3) is 0 Å². The molecule has 6 heterocycles. The molecule has 2 aromatic heterocycles. The second-order valence-electron chi connectivity index (χ2n) is 15.5. The van der Waals surface area contributed by atoms with Crippen LogP contribution in [0.2, 0.25) is 0 Å². The fraction of sp³-hybridized carbons (Fsp3) is 0.409. The van der Waals surface area contributed by atoms with Gasteiger partial charge in [-0.05, 0) is 62.4 Å². The third-order valence-corrected chi connectivity index (χ3v) is 11.5. The van der Waals surface area contributed by atoms with Gasteiger partial charge in [0, 0.05) is 64.5 Å². The van der Waals surface area contributed by atoms with Gasteiger partial charge in [-0.15, -0.1) is 0 Å². The van der Waals surface area contributed by atoms with Crippen molar-refractivity contribution >= 4 is 23.8 Å². The van der Waals surface area contributed by atoms with Crippen molar-refractivity contribution in [1.29, 1.82) is 0 Å². The minimum atomic E-state index is -0.932. The van der Waals surface area contributed by atoms with Gasteiger partial charge in [0.2, 0.25) is 0 Å². The predicted molar refractivity (Wildman–Crippen MR) is 213 cm³/mol. The van der Waals surface area contributed by atoms with E-state index in [0.717, 1.165) is 12.2 Å². The van der Waals surface area contributed by atoms with Crippen molar-refractivity contribution in [1.82, 2.24) is 19.6 Å². The highest BCUT2D eigenvalue weighted by Crippen LogP contribution is 2.39. The first-order valence-corrected chi connectivity index (χ1v) is 20.1. The molecule has 4 aliphatic heterocycles. The van der Waals surface area contributed by atoms with Gasteiger partial charge in [-0.2, -0.15) is 0 Å². The number of hydrogen-bond donors (Lipinski definition) is 0. The molecule has 0 aliphatic carbocycles. The lowest BCUT2D eigenvalue weighted by atomic mass is 9.94. The smallest absolute Gasteiger partial charge is 0.331 e. The fourth-order valence-corrected chi connectivity index (χ4v) is 8.12. The summed E-state index contributed by atoms with van der Waals surface area (Å²) in [4.78, 5) is 60.1. The van der Waals surface area contributed by atoms with Crippen LogP contribution in [0.3, 0.4) is 0 Å². The summed E-state index contributed by atoms with van der Waals surface area (Å²) in [6, 6.07) is 20.4. The molecule has 60 heavy (non-hydrogen) atoms. The van der Waals surface area contributed by atoms with Crippen molar-refractivity contribution in [2.75, 3.05) is 78.8 Å². The molecular weight excluding hydrogens is 776 g/mol. The molecule has 316 valence electrons. The number of nitrogens with zero attached hydrogens (tertiary/aromatic N) is 4. The minimum absolute atomic E-state index is 0.0833. The summed E-state index contributed by atoms with van der Waals surface area (Å²) in [6.45, 7) is 7.63. The number of hydrogen-bond acceptors (Lipinski definition) is 14. The molecular formula is C44H48N4O12. The van der Waals surface area contributed by atoms with Gasteiger partial charge in [0.15, 0.2) is 45.7 Å². The van der Waals surface area contributed by atoms with E-state index >= 15 is 0 Å². The highest BCUT2D eigenvalue weighted by Gasteiger charge is 2.47. The highest BCUT2D eigenvalue weighted by molar-refractivity contribution is 5.92. The third kappa shape index (κ3) is 8.84. The minimum Gasteiger partial charge on any atom is -0.485 e. The number of carbonyl (C=O) groups excluding carboxylic acids is 4. The van der Waals surface area contributed by atoms with Crippen LogP contribution in [0.1, 0.15) is 35.0 Å². The first kappa shape index (κ1) is 40.5. The highest BCUT2D eigenvalue weighted by atomic mass is 16.6. The maximum Gasteiger partial charge on any atom is 0.331 e. The van der Waals surface area contributed by atoms with Crippen LogP contribution >= 0.6 is 0 Å². The van der Waals surface area contributed by atoms with Crippen molar-refractivity contribution in [3.63, 3.8) is 0 Å². The van der Waals surface area contributed by atoms with Gasteiger partial charge in [0.05, 0.1) is 24.6 Å². The molecule has 2 amide bonds. The van der Waals surface area contributed by atoms with Gasteiger partial charge in [0.1, 0.15) is 26.4 Å². The van der Waals surface area contributed by atoms with Crippen LogP contribution < -0.4 is 18.9 Å². The molecule has 2 aromatic carbocycles. The first-order chi connectivity index (χ1) is 29.1. The van der Waals surface area contributed by atoms with E-state index in [-0.39, 0.29) is 49.8 Å². The van der Waals surface area contributed by atoms with Crippen LogP contribution in [-0.4, -0.2) is 145 Å². The second kappa shape index (κ2) is 17.5. The van der Waals surface area contributed by atoms with Crippen LogP contribution in [0.5, 0.6) is 23.0 Å². The second-order valence-corrected chi connectivity index (χ2v) is 15.5. The molecule has 4 atom stereocenters. The average Bonchev–Trinajstić information content (AvgIpc) is 4.02. The summed E-state index contributed by atoms with van der Waals surface area (Å²) in [6.07, 6.45) is 5.03. The van der Waals surface area contributed by atoms with Crippen LogP contribution in [0.15, 0.2) is 106 Å². The maximum absolute atomic E-state index is 13.2. The molecule has 8 rings (SSSR count). The van der Waals surface area contributed by atoms with Gasteiger partial charge < -0.3 is 47.1 Å². The SMILES string of the molecule is CC1(C(COC(=O)/C=C\C(=O)OCC(N2CCN(C(=O)c3ccco3)CC2)C2(C)COc3ccccc3O2)N2CCN(C(=O)c3ccco3)CC2)COc2ccccc2O1. The molecule has 16 heteroatoms. The number of piperazine rings is 2. The van der Waals surface area contributed by atoms with Crippen LogP contribution in [0.4, 0.5) is 0 Å². The Hall–Kier alpha value is -6.26. The molecule has 0 radical (unpaired) electrons. The first-order valence-electron chi connectivity index (χ1n) is 20.1. The number of esters is 2. The zero-order chi connectivity index (χ0) is 41.7. The monoisotopic (exact) mass is 824 g/mol. The predicted octanol–water partition coefficient (Wildman–Crippen LogP) is 3.93. The summed E-state index contributed by atoms with van der Waals surface area (Å²) in [5, 5.41) is 0. The zero-order valence-corrected chi connectivity index (χ0v) is 33.6. The average molecular weight is 825 g/mol. The fourth-order valence-electron chi connectivity index (χ4n) is 8.12. The Morgan fingerprint density at radius 1 is 0.567 bits per heavy atom. The summed E-state index contributed by atoms with van der Waals surface area (Å²) in [7, 11) is 0. The summed E-state index contributed by atoms with van der Waals surface area (Å²) >= 11 is 0. The number of amides is 2. The topological polar surface area (TPSA) is 163 Å². The van der Waals surface area contributed by atoms with Gasteiger partial charge in [-0.25, -0.2) is 9.59 Å². The van der Waals surface area contributed by atoms with Crippen molar-refractivity contribution in [2.24, 2.45) is 0 Å². The Morgan fingerprint density at radius 3 is 1.32 bits per heavy atom. The Labute approximate surface area is 347 Å². The van der Waals surface area contributed by atoms with E-state index in [1.807, 2.05) is 62.4 Å². The van der Waals surface area contributed by atoms with Crippen LogP contribution in [0, 0.1) is 0 Å². The molecule has 2 fully saturated rings. The van der Waals surface area contributed by atoms with Crippen molar-refractivity contribution in [3.8, 4) is 23.0 Å². The molecule has 0 spiro atoms. The van der Waals surface area contributed by atoms with E-state index < -0.39 is 35.2 Å². The zero-order valence-electron chi connectivity index (χ0n) is 33.6. The van der Waals surface area contributed by atoms with Gasteiger partial charge in [-0.1, -0.05) is 24.3 Å². The van der Waals surface area contributed by atoms with Crippen LogP contribution in [-0.2, 0) is 19.1 Å². The number of fused-ring (bicyclic) bond motifs is 2. The normalized spacial score (nSPS) is 22.8. The number of benzene rings is 2. The quantitative estimate of drug-likeness (QED) is 0.149. The molecule has 0 N–H and O–H groups in total.